The van der Waals surface area contributed by atoms with Crippen molar-refractivity contribution in [3.05, 3.63) is 39.5 Å². The summed E-state index contributed by atoms with van der Waals surface area (Å²) in [5.74, 6) is 0.0893. The third kappa shape index (κ3) is 2.80. The maximum absolute atomic E-state index is 12.3. The highest BCUT2D eigenvalue weighted by Crippen LogP contribution is 2.27. The predicted molar refractivity (Wildman–Crippen MR) is 77.9 cm³/mol. The van der Waals surface area contributed by atoms with Crippen LogP contribution in [0.15, 0.2) is 33.8 Å². The lowest BCUT2D eigenvalue weighted by molar-refractivity contribution is 0.600. The van der Waals surface area contributed by atoms with Gasteiger partial charge in [0, 0.05) is 11.5 Å². The normalized spacial score (nSPS) is 11.1. The fourth-order valence-corrected chi connectivity index (χ4v) is 3.66. The van der Waals surface area contributed by atoms with Gasteiger partial charge in [0.1, 0.15) is 16.5 Å². The lowest BCUT2D eigenvalue weighted by atomic mass is 10.4. The number of hydrogen-bond donors (Lipinski definition) is 1. The Bertz CT molecular complexity index is 810. The number of sulfonamides is 1. The van der Waals surface area contributed by atoms with E-state index in [9.17, 15) is 8.42 Å². The second-order valence-corrected chi connectivity index (χ2v) is 6.80. The lowest BCUT2D eigenvalue weighted by Gasteiger charge is -2.10. The molecule has 1 heterocycles. The van der Waals surface area contributed by atoms with E-state index in [1.807, 2.05) is 6.07 Å². The molecule has 9 heteroatoms. The number of aromatic nitrogens is 2. The Morgan fingerprint density at radius 2 is 2.20 bits per heavy atom. The van der Waals surface area contributed by atoms with Gasteiger partial charge in [0.15, 0.2) is 5.82 Å². The van der Waals surface area contributed by atoms with E-state index in [2.05, 4.69) is 25.8 Å². The molecule has 104 valence electrons. The molecule has 0 saturated carbocycles. The van der Waals surface area contributed by atoms with Crippen molar-refractivity contribution in [3.63, 3.8) is 0 Å². The fraction of sp³-hybridized carbons (Fsp3) is 0.0909. The summed E-state index contributed by atoms with van der Waals surface area (Å²) in [7, 11) is -2.37. The molecule has 0 unspecified atom stereocenters. The Morgan fingerprint density at radius 1 is 1.50 bits per heavy atom. The van der Waals surface area contributed by atoms with Crippen LogP contribution in [-0.4, -0.2) is 18.2 Å². The maximum atomic E-state index is 12.3. The van der Waals surface area contributed by atoms with E-state index in [1.54, 1.807) is 6.07 Å². The van der Waals surface area contributed by atoms with E-state index in [4.69, 9.17) is 16.9 Å². The Labute approximate surface area is 129 Å². The van der Waals surface area contributed by atoms with E-state index in [1.165, 1.54) is 30.1 Å². The standard InChI is InChI=1S/C11H8BrClN4O2S/c1-17-11(7(5-14)6-15-17)16-20(18,19)10-3-2-8(12)4-9(10)13/h2-4,6,16H,1H3. The summed E-state index contributed by atoms with van der Waals surface area (Å²) in [6, 6.07) is 6.28. The summed E-state index contributed by atoms with van der Waals surface area (Å²) in [6.45, 7) is 0. The molecule has 6 nitrogen and oxygen atoms in total. The van der Waals surface area contributed by atoms with Crippen molar-refractivity contribution in [2.24, 2.45) is 7.05 Å². The number of nitrogens with zero attached hydrogens (tertiary/aromatic N) is 3. The average molecular weight is 376 g/mol. The second-order valence-electron chi connectivity index (χ2n) is 3.82. The number of nitriles is 1. The van der Waals surface area contributed by atoms with Gasteiger partial charge in [0.05, 0.1) is 11.2 Å². The molecule has 0 aliphatic heterocycles. The Balaban J connectivity index is 2.47. The second kappa shape index (κ2) is 5.44. The molecule has 2 aromatic rings. The van der Waals surface area contributed by atoms with E-state index >= 15 is 0 Å². The first kappa shape index (κ1) is 14.8. The molecule has 20 heavy (non-hydrogen) atoms. The summed E-state index contributed by atoms with van der Waals surface area (Å²) in [5, 5.41) is 12.8. The smallest absolute Gasteiger partial charge is 0.262 e. The van der Waals surface area contributed by atoms with Crippen LogP contribution in [0.4, 0.5) is 5.82 Å². The predicted octanol–water partition coefficient (Wildman–Crippen LogP) is 2.51. The molecule has 0 saturated heterocycles. The van der Waals surface area contributed by atoms with Gasteiger partial charge in [-0.3, -0.25) is 9.40 Å². The Kier molecular flexibility index (Phi) is 4.04. The third-order valence-corrected chi connectivity index (χ3v) is 4.79. The van der Waals surface area contributed by atoms with Crippen LogP contribution in [0.2, 0.25) is 5.02 Å². The van der Waals surface area contributed by atoms with Crippen LogP contribution in [0.1, 0.15) is 5.56 Å². The minimum absolute atomic E-state index is 0.0764. The zero-order valence-electron chi connectivity index (χ0n) is 10.1. The zero-order valence-corrected chi connectivity index (χ0v) is 13.3. The number of benzene rings is 1. The highest BCUT2D eigenvalue weighted by Gasteiger charge is 2.21. The van der Waals surface area contributed by atoms with Crippen molar-refractivity contribution in [1.82, 2.24) is 9.78 Å². The number of anilines is 1. The van der Waals surface area contributed by atoms with Crippen LogP contribution in [0.5, 0.6) is 0 Å². The van der Waals surface area contributed by atoms with Gasteiger partial charge in [-0.2, -0.15) is 10.4 Å². The van der Waals surface area contributed by atoms with Crippen molar-refractivity contribution in [2.75, 3.05) is 4.72 Å². The van der Waals surface area contributed by atoms with Gasteiger partial charge in [-0.25, -0.2) is 8.42 Å². The highest BCUT2D eigenvalue weighted by molar-refractivity contribution is 9.10. The van der Waals surface area contributed by atoms with Crippen molar-refractivity contribution in [2.45, 2.75) is 4.90 Å². The molecule has 0 aliphatic carbocycles. The number of halogens is 2. The minimum atomic E-state index is -3.90. The van der Waals surface area contributed by atoms with Gasteiger partial charge in [0.25, 0.3) is 10.0 Å². The third-order valence-electron chi connectivity index (χ3n) is 2.47. The molecule has 0 spiro atoms. The molecule has 0 aliphatic rings. The average Bonchev–Trinajstić information content (AvgIpc) is 2.69. The lowest BCUT2D eigenvalue weighted by Crippen LogP contribution is -2.16. The maximum Gasteiger partial charge on any atom is 0.264 e. The Hall–Kier alpha value is -1.56. The van der Waals surface area contributed by atoms with Gasteiger partial charge in [-0.1, -0.05) is 27.5 Å². The van der Waals surface area contributed by atoms with Crippen molar-refractivity contribution >= 4 is 43.4 Å². The molecule has 1 aromatic heterocycles. The molecular weight excluding hydrogens is 368 g/mol. The topological polar surface area (TPSA) is 87.8 Å². The summed E-state index contributed by atoms with van der Waals surface area (Å²) in [4.78, 5) is -0.0764. The largest absolute Gasteiger partial charge is 0.264 e. The molecule has 1 N–H and O–H groups in total. The van der Waals surface area contributed by atoms with E-state index in [0.717, 1.165) is 0 Å². The van der Waals surface area contributed by atoms with Crippen molar-refractivity contribution in [1.29, 1.82) is 5.26 Å². The Morgan fingerprint density at radius 3 is 2.80 bits per heavy atom. The van der Waals surface area contributed by atoms with Gasteiger partial charge in [-0.15, -0.1) is 0 Å². The van der Waals surface area contributed by atoms with Crippen LogP contribution in [0, 0.1) is 11.3 Å². The molecule has 0 amide bonds. The van der Waals surface area contributed by atoms with E-state index in [0.29, 0.717) is 4.47 Å². The molecule has 0 radical (unpaired) electrons. The van der Waals surface area contributed by atoms with Crippen LogP contribution in [0.3, 0.4) is 0 Å². The van der Waals surface area contributed by atoms with E-state index < -0.39 is 10.0 Å². The monoisotopic (exact) mass is 374 g/mol. The van der Waals surface area contributed by atoms with Crippen LogP contribution in [-0.2, 0) is 17.1 Å². The van der Waals surface area contributed by atoms with Gasteiger partial charge in [-0.05, 0) is 18.2 Å². The molecule has 0 atom stereocenters. The summed E-state index contributed by atoms with van der Waals surface area (Å²) >= 11 is 9.13. The number of rotatable bonds is 3. The summed E-state index contributed by atoms with van der Waals surface area (Å²) in [5.41, 5.74) is 0.129. The summed E-state index contributed by atoms with van der Waals surface area (Å²) in [6.07, 6.45) is 1.28. The molecule has 0 fully saturated rings. The molecule has 0 bridgehead atoms. The van der Waals surface area contributed by atoms with Gasteiger partial charge in [0.2, 0.25) is 0 Å². The summed E-state index contributed by atoms with van der Waals surface area (Å²) < 4.78 is 28.8. The van der Waals surface area contributed by atoms with Crippen molar-refractivity contribution in [3.8, 4) is 6.07 Å². The number of nitrogens with one attached hydrogen (secondary N) is 1. The first-order valence-electron chi connectivity index (χ1n) is 5.25. The van der Waals surface area contributed by atoms with Crippen LogP contribution < -0.4 is 4.72 Å². The number of aryl methyl sites for hydroxylation is 1. The van der Waals surface area contributed by atoms with Gasteiger partial charge < -0.3 is 0 Å². The van der Waals surface area contributed by atoms with E-state index in [-0.39, 0.29) is 21.3 Å². The minimum Gasteiger partial charge on any atom is -0.262 e. The fourth-order valence-electron chi connectivity index (χ4n) is 1.52. The van der Waals surface area contributed by atoms with Gasteiger partial charge >= 0.3 is 0 Å². The zero-order chi connectivity index (χ0) is 14.9. The molecule has 1 aromatic carbocycles. The quantitative estimate of drug-likeness (QED) is 0.893. The SMILES string of the molecule is Cn1ncc(C#N)c1NS(=O)(=O)c1ccc(Br)cc1Cl. The first-order valence-corrected chi connectivity index (χ1v) is 7.90. The number of hydrogen-bond acceptors (Lipinski definition) is 4. The van der Waals surface area contributed by atoms with Crippen LogP contribution in [0.25, 0.3) is 0 Å². The highest BCUT2D eigenvalue weighted by atomic mass is 79.9. The van der Waals surface area contributed by atoms with Crippen molar-refractivity contribution < 1.29 is 8.42 Å². The molecular formula is C11H8BrClN4O2S. The molecule has 2 rings (SSSR count). The van der Waals surface area contributed by atoms with Crippen LogP contribution >= 0.6 is 27.5 Å². The first-order chi connectivity index (χ1) is 9.35.